The fraction of sp³-hybridized carbons (Fsp3) is 0.800. The van der Waals surface area contributed by atoms with Crippen molar-refractivity contribution in [3.63, 3.8) is 0 Å². The Morgan fingerprint density at radius 2 is 2.08 bits per heavy atom. The fourth-order valence-electron chi connectivity index (χ4n) is 3.20. The van der Waals surface area contributed by atoms with Crippen LogP contribution in [-0.4, -0.2) is 30.1 Å². The van der Waals surface area contributed by atoms with E-state index in [4.69, 9.17) is 9.47 Å². The Bertz CT molecular complexity index is 480. The minimum absolute atomic E-state index is 0.0342. The zero-order chi connectivity index (χ0) is 18.5. The first kappa shape index (κ1) is 20.9. The molecule has 0 spiro atoms. The van der Waals surface area contributed by atoms with Crippen molar-refractivity contribution in [2.45, 2.75) is 92.0 Å². The standard InChI is InChI=1S/C20H34O4/c1-8-14(4)11-16-12-15(9-2)18(23-17(22)10-3)20(7,24-16)19(5,6)13-21/h9,13-14,16,18H,8,10-12H2,1-7H3/b15-9+/t14?,16?,18-,20+/m0/s1. The molecule has 0 aromatic carbocycles. The molecular weight excluding hydrogens is 304 g/mol. The van der Waals surface area contributed by atoms with Gasteiger partial charge in [0.15, 0.2) is 6.10 Å². The van der Waals surface area contributed by atoms with Crippen molar-refractivity contribution in [3.8, 4) is 0 Å². The first-order valence-corrected chi connectivity index (χ1v) is 9.13. The van der Waals surface area contributed by atoms with Gasteiger partial charge in [-0.15, -0.1) is 0 Å². The third-order valence-corrected chi connectivity index (χ3v) is 5.56. The minimum atomic E-state index is -0.877. The predicted molar refractivity (Wildman–Crippen MR) is 95.7 cm³/mol. The van der Waals surface area contributed by atoms with E-state index < -0.39 is 17.1 Å². The highest BCUT2D eigenvalue weighted by atomic mass is 16.6. The van der Waals surface area contributed by atoms with E-state index in [1.54, 1.807) is 6.92 Å². The average molecular weight is 338 g/mol. The molecule has 0 radical (unpaired) electrons. The second-order valence-electron chi connectivity index (χ2n) is 7.73. The van der Waals surface area contributed by atoms with Gasteiger partial charge in [-0.2, -0.15) is 0 Å². The number of allylic oxidation sites excluding steroid dienone is 1. The normalized spacial score (nSPS) is 30.9. The van der Waals surface area contributed by atoms with E-state index in [2.05, 4.69) is 13.8 Å². The molecule has 0 aromatic heterocycles. The van der Waals surface area contributed by atoms with E-state index in [0.29, 0.717) is 12.3 Å². The topological polar surface area (TPSA) is 52.6 Å². The molecule has 1 heterocycles. The van der Waals surface area contributed by atoms with E-state index in [1.165, 1.54) is 0 Å². The molecule has 1 rings (SSSR count). The van der Waals surface area contributed by atoms with Crippen molar-refractivity contribution in [2.75, 3.05) is 0 Å². The number of ether oxygens (including phenoxy) is 2. The van der Waals surface area contributed by atoms with Crippen LogP contribution in [0.2, 0.25) is 0 Å². The molecule has 4 nitrogen and oxygen atoms in total. The van der Waals surface area contributed by atoms with Gasteiger partial charge in [-0.1, -0.05) is 47.1 Å². The van der Waals surface area contributed by atoms with Gasteiger partial charge in [0.05, 0.1) is 11.5 Å². The molecule has 4 atom stereocenters. The van der Waals surface area contributed by atoms with Gasteiger partial charge < -0.3 is 14.3 Å². The maximum Gasteiger partial charge on any atom is 0.306 e. The van der Waals surface area contributed by atoms with Gasteiger partial charge in [0.2, 0.25) is 0 Å². The molecule has 24 heavy (non-hydrogen) atoms. The highest BCUT2D eigenvalue weighted by Crippen LogP contribution is 2.46. The van der Waals surface area contributed by atoms with Crippen LogP contribution in [-0.2, 0) is 19.1 Å². The van der Waals surface area contributed by atoms with Gasteiger partial charge in [0, 0.05) is 6.42 Å². The van der Waals surface area contributed by atoms with E-state index >= 15 is 0 Å². The summed E-state index contributed by atoms with van der Waals surface area (Å²) in [6, 6.07) is 0. The van der Waals surface area contributed by atoms with Gasteiger partial charge in [-0.25, -0.2) is 0 Å². The summed E-state index contributed by atoms with van der Waals surface area (Å²) in [4.78, 5) is 23.7. The van der Waals surface area contributed by atoms with Crippen molar-refractivity contribution in [1.29, 1.82) is 0 Å². The fourth-order valence-corrected chi connectivity index (χ4v) is 3.20. The summed E-state index contributed by atoms with van der Waals surface area (Å²) in [6.45, 7) is 13.7. The molecule has 138 valence electrons. The van der Waals surface area contributed by atoms with Crippen molar-refractivity contribution in [3.05, 3.63) is 11.6 Å². The number of esters is 1. The summed E-state index contributed by atoms with van der Waals surface area (Å²) in [5.74, 6) is 0.280. The Morgan fingerprint density at radius 1 is 1.46 bits per heavy atom. The number of hydrogen-bond donors (Lipinski definition) is 0. The lowest BCUT2D eigenvalue weighted by Gasteiger charge is -2.51. The van der Waals surface area contributed by atoms with Crippen LogP contribution in [0.1, 0.15) is 74.1 Å². The molecule has 1 saturated heterocycles. The summed E-state index contributed by atoms with van der Waals surface area (Å²) in [7, 11) is 0. The van der Waals surface area contributed by atoms with Crippen LogP contribution in [0.5, 0.6) is 0 Å². The highest BCUT2D eigenvalue weighted by Gasteiger charge is 2.55. The quantitative estimate of drug-likeness (QED) is 0.390. The zero-order valence-electron chi connectivity index (χ0n) is 16.3. The van der Waals surface area contributed by atoms with Crippen LogP contribution in [0.25, 0.3) is 0 Å². The van der Waals surface area contributed by atoms with Gasteiger partial charge >= 0.3 is 5.97 Å². The molecule has 0 saturated carbocycles. The summed E-state index contributed by atoms with van der Waals surface area (Å²) < 4.78 is 12.2. The average Bonchev–Trinajstić information content (AvgIpc) is 2.56. The van der Waals surface area contributed by atoms with Gasteiger partial charge in [-0.05, 0) is 38.2 Å². The number of rotatable bonds is 7. The molecule has 1 aliphatic heterocycles. The maximum atomic E-state index is 12.0. The van der Waals surface area contributed by atoms with Crippen LogP contribution in [0, 0.1) is 11.3 Å². The van der Waals surface area contributed by atoms with Crippen LogP contribution >= 0.6 is 0 Å². The Kier molecular flexibility index (Phi) is 7.21. The molecule has 0 amide bonds. The number of carbonyl (C=O) groups is 2. The second kappa shape index (κ2) is 8.28. The van der Waals surface area contributed by atoms with Crippen LogP contribution in [0.4, 0.5) is 0 Å². The first-order chi connectivity index (χ1) is 11.1. The van der Waals surface area contributed by atoms with E-state index in [1.807, 2.05) is 33.8 Å². The minimum Gasteiger partial charge on any atom is -0.455 e. The van der Waals surface area contributed by atoms with Gasteiger partial charge in [0.25, 0.3) is 0 Å². The van der Waals surface area contributed by atoms with Crippen molar-refractivity contribution >= 4 is 12.3 Å². The van der Waals surface area contributed by atoms with Gasteiger partial charge in [-0.3, -0.25) is 4.79 Å². The van der Waals surface area contributed by atoms with Crippen molar-refractivity contribution in [2.24, 2.45) is 11.3 Å². The molecular formula is C20H34O4. The molecule has 1 aliphatic rings. The summed E-state index contributed by atoms with van der Waals surface area (Å²) >= 11 is 0. The molecule has 4 heteroatoms. The van der Waals surface area contributed by atoms with Crippen LogP contribution in [0.15, 0.2) is 11.6 Å². The van der Waals surface area contributed by atoms with Crippen molar-refractivity contribution < 1.29 is 19.1 Å². The zero-order valence-corrected chi connectivity index (χ0v) is 16.3. The van der Waals surface area contributed by atoms with Crippen LogP contribution < -0.4 is 0 Å². The summed E-state index contributed by atoms with van der Waals surface area (Å²) in [5, 5.41) is 0. The van der Waals surface area contributed by atoms with Crippen LogP contribution in [0.3, 0.4) is 0 Å². The number of carbonyl (C=O) groups excluding carboxylic acids is 2. The predicted octanol–water partition coefficient (Wildman–Crippen LogP) is 4.46. The smallest absolute Gasteiger partial charge is 0.306 e. The number of hydrogen-bond acceptors (Lipinski definition) is 4. The van der Waals surface area contributed by atoms with E-state index in [9.17, 15) is 9.59 Å². The SMILES string of the molecule is C/C=C1\CC(CC(C)CC)O[C@@](C)(C(C)(C)C=O)[C@H]1OC(=O)CC. The highest BCUT2D eigenvalue weighted by molar-refractivity contribution is 5.70. The summed E-state index contributed by atoms with van der Waals surface area (Å²) in [6.07, 6.45) is 5.52. The first-order valence-electron chi connectivity index (χ1n) is 9.13. The van der Waals surface area contributed by atoms with E-state index in [0.717, 1.165) is 31.1 Å². The third-order valence-electron chi connectivity index (χ3n) is 5.56. The maximum absolute atomic E-state index is 12.0. The molecule has 1 fully saturated rings. The lowest BCUT2D eigenvalue weighted by molar-refractivity contribution is -0.220. The molecule has 0 aromatic rings. The lowest BCUT2D eigenvalue weighted by Crippen LogP contribution is -2.60. The molecule has 0 aliphatic carbocycles. The van der Waals surface area contributed by atoms with E-state index in [-0.39, 0.29) is 12.1 Å². The number of aldehydes is 1. The Balaban J connectivity index is 3.25. The van der Waals surface area contributed by atoms with Gasteiger partial charge in [0.1, 0.15) is 11.9 Å². The van der Waals surface area contributed by atoms with Crippen molar-refractivity contribution in [1.82, 2.24) is 0 Å². The lowest BCUT2D eigenvalue weighted by atomic mass is 9.69. The Hall–Kier alpha value is -1.16. The Morgan fingerprint density at radius 3 is 2.54 bits per heavy atom. The molecule has 0 N–H and O–H groups in total. The molecule has 2 unspecified atom stereocenters. The third kappa shape index (κ3) is 4.27. The largest absolute Gasteiger partial charge is 0.455 e. The molecule has 0 bridgehead atoms. The summed E-state index contributed by atoms with van der Waals surface area (Å²) in [5.41, 5.74) is -0.597. The Labute approximate surface area is 147 Å². The second-order valence-corrected chi connectivity index (χ2v) is 7.73. The monoisotopic (exact) mass is 338 g/mol.